The van der Waals surface area contributed by atoms with Crippen LogP contribution in [-0.2, 0) is 4.79 Å². The molecule has 0 bridgehead atoms. The van der Waals surface area contributed by atoms with E-state index in [4.69, 9.17) is 11.2 Å². The number of ether oxygens (including phenoxy) is 1. The van der Waals surface area contributed by atoms with E-state index in [1.54, 1.807) is 31.4 Å². The molecule has 0 aliphatic heterocycles. The average molecular weight is 260 g/mol. The molecule has 4 nitrogen and oxygen atoms in total. The first-order valence-electron chi connectivity index (χ1n) is 6.33. The van der Waals surface area contributed by atoms with Crippen LogP contribution >= 0.6 is 0 Å². The summed E-state index contributed by atoms with van der Waals surface area (Å²) < 4.78 is 5.05. The fourth-order valence-corrected chi connectivity index (χ4v) is 1.63. The molecule has 1 aromatic carbocycles. The summed E-state index contributed by atoms with van der Waals surface area (Å²) >= 11 is 0. The summed E-state index contributed by atoms with van der Waals surface area (Å²) in [6, 6.07) is 7.13. The number of rotatable bonds is 7. The Balaban J connectivity index is 2.40. The van der Waals surface area contributed by atoms with E-state index >= 15 is 0 Å². The summed E-state index contributed by atoms with van der Waals surface area (Å²) in [6.45, 7) is 2.27. The normalized spacial score (nSPS) is 11.4. The summed E-state index contributed by atoms with van der Waals surface area (Å²) in [5.41, 5.74) is 0.736. The first-order valence-corrected chi connectivity index (χ1v) is 6.33. The number of anilines is 1. The molecule has 0 aliphatic rings. The molecule has 0 fully saturated rings. The molecule has 102 valence electrons. The third-order valence-corrected chi connectivity index (χ3v) is 2.66. The van der Waals surface area contributed by atoms with Crippen LogP contribution in [-0.4, -0.2) is 25.6 Å². The number of hydrogen-bond donors (Lipinski definition) is 2. The largest absolute Gasteiger partial charge is 0.497 e. The predicted molar refractivity (Wildman–Crippen MR) is 77.2 cm³/mol. The van der Waals surface area contributed by atoms with Gasteiger partial charge in [-0.3, -0.25) is 10.1 Å². The maximum absolute atomic E-state index is 11.7. The Hall–Kier alpha value is -1.99. The molecule has 1 amide bonds. The summed E-state index contributed by atoms with van der Waals surface area (Å²) in [4.78, 5) is 11.7. The molecule has 1 aromatic rings. The standard InChI is InChI=1S/C15H20N2O2/c1-4-6-12(5-2)16-11-15(18)17-13-7-9-14(19-3)10-8-13/h2,7-10,12,16H,4,6,11H2,1,3H3,(H,17,18). The topological polar surface area (TPSA) is 50.4 Å². The lowest BCUT2D eigenvalue weighted by Gasteiger charge is -2.12. The molecule has 0 radical (unpaired) electrons. The van der Waals surface area contributed by atoms with Crippen molar-refractivity contribution in [2.75, 3.05) is 19.0 Å². The van der Waals surface area contributed by atoms with Gasteiger partial charge in [0.05, 0.1) is 19.7 Å². The minimum absolute atomic E-state index is 0.0494. The molecule has 0 heterocycles. The Bertz CT molecular complexity index is 434. The van der Waals surface area contributed by atoms with Gasteiger partial charge in [0.2, 0.25) is 5.91 Å². The van der Waals surface area contributed by atoms with E-state index in [9.17, 15) is 4.79 Å². The highest BCUT2D eigenvalue weighted by atomic mass is 16.5. The lowest BCUT2D eigenvalue weighted by molar-refractivity contribution is -0.115. The van der Waals surface area contributed by atoms with Crippen molar-refractivity contribution in [1.29, 1.82) is 0 Å². The molecule has 1 rings (SSSR count). The highest BCUT2D eigenvalue weighted by Gasteiger charge is 2.06. The second kappa shape index (κ2) is 8.17. The van der Waals surface area contributed by atoms with Gasteiger partial charge in [0.1, 0.15) is 5.75 Å². The van der Waals surface area contributed by atoms with Crippen LogP contribution in [0.3, 0.4) is 0 Å². The molecular formula is C15H20N2O2. The number of benzene rings is 1. The summed E-state index contributed by atoms with van der Waals surface area (Å²) in [6.07, 6.45) is 7.23. The SMILES string of the molecule is C#CC(CCC)NCC(=O)Nc1ccc(OC)cc1. The maximum atomic E-state index is 11.7. The van der Waals surface area contributed by atoms with Crippen molar-refractivity contribution >= 4 is 11.6 Å². The van der Waals surface area contributed by atoms with Gasteiger partial charge in [-0.25, -0.2) is 0 Å². The van der Waals surface area contributed by atoms with E-state index in [1.807, 2.05) is 0 Å². The molecule has 4 heteroatoms. The molecule has 2 N–H and O–H groups in total. The van der Waals surface area contributed by atoms with Crippen LogP contribution in [0.2, 0.25) is 0 Å². The molecule has 0 aliphatic carbocycles. The van der Waals surface area contributed by atoms with Crippen molar-refractivity contribution in [3.8, 4) is 18.1 Å². The molecule has 1 atom stereocenters. The fraction of sp³-hybridized carbons (Fsp3) is 0.400. The lowest BCUT2D eigenvalue weighted by atomic mass is 10.2. The van der Waals surface area contributed by atoms with E-state index in [0.717, 1.165) is 24.3 Å². The van der Waals surface area contributed by atoms with Crippen LogP contribution in [0, 0.1) is 12.3 Å². The monoisotopic (exact) mass is 260 g/mol. The second-order valence-electron chi connectivity index (χ2n) is 4.17. The van der Waals surface area contributed by atoms with Gasteiger partial charge in [0.25, 0.3) is 0 Å². The van der Waals surface area contributed by atoms with E-state index < -0.39 is 0 Å². The second-order valence-corrected chi connectivity index (χ2v) is 4.17. The fourth-order valence-electron chi connectivity index (χ4n) is 1.63. The molecular weight excluding hydrogens is 240 g/mol. The number of hydrogen-bond acceptors (Lipinski definition) is 3. The minimum Gasteiger partial charge on any atom is -0.497 e. The van der Waals surface area contributed by atoms with Gasteiger partial charge in [0.15, 0.2) is 0 Å². The van der Waals surface area contributed by atoms with Gasteiger partial charge < -0.3 is 10.1 Å². The average Bonchev–Trinajstić information content (AvgIpc) is 2.44. The Morgan fingerprint density at radius 3 is 2.63 bits per heavy atom. The molecule has 1 unspecified atom stereocenters. The van der Waals surface area contributed by atoms with Crippen LogP contribution in [0.5, 0.6) is 5.75 Å². The van der Waals surface area contributed by atoms with Crippen LogP contribution in [0.4, 0.5) is 5.69 Å². The quantitative estimate of drug-likeness (QED) is 0.737. The maximum Gasteiger partial charge on any atom is 0.238 e. The number of methoxy groups -OCH3 is 1. The molecule has 0 aromatic heterocycles. The summed E-state index contributed by atoms with van der Waals surface area (Å²) in [5, 5.41) is 5.83. The van der Waals surface area contributed by atoms with Crippen molar-refractivity contribution in [2.24, 2.45) is 0 Å². The van der Waals surface area contributed by atoms with Crippen molar-refractivity contribution in [3.05, 3.63) is 24.3 Å². The number of amides is 1. The Labute approximate surface area is 114 Å². The Morgan fingerprint density at radius 2 is 2.11 bits per heavy atom. The summed E-state index contributed by atoms with van der Waals surface area (Å²) in [5.74, 6) is 3.28. The van der Waals surface area contributed by atoms with E-state index in [1.165, 1.54) is 0 Å². The number of carbonyl (C=O) groups is 1. The number of carbonyl (C=O) groups excluding carboxylic acids is 1. The molecule has 0 spiro atoms. The lowest BCUT2D eigenvalue weighted by Crippen LogP contribution is -2.35. The van der Waals surface area contributed by atoms with Crippen molar-refractivity contribution in [2.45, 2.75) is 25.8 Å². The smallest absolute Gasteiger partial charge is 0.238 e. The van der Waals surface area contributed by atoms with Crippen LogP contribution < -0.4 is 15.4 Å². The van der Waals surface area contributed by atoms with Gasteiger partial charge in [-0.2, -0.15) is 0 Å². The first kappa shape index (κ1) is 15.1. The third-order valence-electron chi connectivity index (χ3n) is 2.66. The highest BCUT2D eigenvalue weighted by Crippen LogP contribution is 2.14. The zero-order valence-electron chi connectivity index (χ0n) is 11.4. The van der Waals surface area contributed by atoms with Crippen LogP contribution in [0.15, 0.2) is 24.3 Å². The Kier molecular flexibility index (Phi) is 6.48. The van der Waals surface area contributed by atoms with Gasteiger partial charge >= 0.3 is 0 Å². The first-order chi connectivity index (χ1) is 9.19. The van der Waals surface area contributed by atoms with Gasteiger partial charge in [0, 0.05) is 5.69 Å². The van der Waals surface area contributed by atoms with Crippen LogP contribution in [0.1, 0.15) is 19.8 Å². The van der Waals surface area contributed by atoms with Gasteiger partial charge in [-0.15, -0.1) is 6.42 Å². The Morgan fingerprint density at radius 1 is 1.42 bits per heavy atom. The number of nitrogens with one attached hydrogen (secondary N) is 2. The van der Waals surface area contributed by atoms with E-state index in [2.05, 4.69) is 23.5 Å². The highest BCUT2D eigenvalue weighted by molar-refractivity contribution is 5.92. The van der Waals surface area contributed by atoms with Crippen LogP contribution in [0.25, 0.3) is 0 Å². The predicted octanol–water partition coefficient (Wildman–Crippen LogP) is 2.03. The third kappa shape index (κ3) is 5.45. The molecule has 19 heavy (non-hydrogen) atoms. The van der Waals surface area contributed by atoms with Gasteiger partial charge in [-0.1, -0.05) is 19.3 Å². The zero-order chi connectivity index (χ0) is 14.1. The van der Waals surface area contributed by atoms with Crippen molar-refractivity contribution in [3.63, 3.8) is 0 Å². The zero-order valence-corrected chi connectivity index (χ0v) is 11.4. The van der Waals surface area contributed by atoms with Crippen molar-refractivity contribution in [1.82, 2.24) is 5.32 Å². The van der Waals surface area contributed by atoms with E-state index in [0.29, 0.717) is 0 Å². The number of terminal acetylenes is 1. The molecule has 0 saturated carbocycles. The van der Waals surface area contributed by atoms with E-state index in [-0.39, 0.29) is 18.5 Å². The van der Waals surface area contributed by atoms with Crippen molar-refractivity contribution < 1.29 is 9.53 Å². The summed E-state index contributed by atoms with van der Waals surface area (Å²) in [7, 11) is 1.60. The minimum atomic E-state index is -0.110. The van der Waals surface area contributed by atoms with Gasteiger partial charge in [-0.05, 0) is 30.7 Å². The molecule has 0 saturated heterocycles.